The quantitative estimate of drug-likeness (QED) is 0.775. The van der Waals surface area contributed by atoms with Crippen LogP contribution in [0.2, 0.25) is 0 Å². The van der Waals surface area contributed by atoms with Crippen LogP contribution in [0.1, 0.15) is 5.56 Å². The first-order valence-electron chi connectivity index (χ1n) is 4.44. The zero-order valence-corrected chi connectivity index (χ0v) is 8.98. The van der Waals surface area contributed by atoms with Gasteiger partial charge in [-0.25, -0.2) is 4.39 Å². The minimum absolute atomic E-state index is 0.0117. The summed E-state index contributed by atoms with van der Waals surface area (Å²) in [7, 11) is 0. The van der Waals surface area contributed by atoms with E-state index in [1.54, 1.807) is 11.8 Å². The molecule has 1 nitrogen and oxygen atoms in total. The Bertz CT molecular complexity index is 323. The van der Waals surface area contributed by atoms with Crippen LogP contribution in [0.5, 0.6) is 0 Å². The summed E-state index contributed by atoms with van der Waals surface area (Å²) in [6.45, 7) is -0.0117. The van der Waals surface area contributed by atoms with Gasteiger partial charge >= 0.3 is 0 Å². The normalized spacial score (nSPS) is 11.8. The van der Waals surface area contributed by atoms with Crippen LogP contribution in [0.15, 0.2) is 41.1 Å². The van der Waals surface area contributed by atoms with E-state index in [2.05, 4.69) is 6.07 Å². The van der Waals surface area contributed by atoms with Crippen molar-refractivity contribution in [3.8, 4) is 0 Å². The van der Waals surface area contributed by atoms with E-state index in [-0.39, 0.29) is 12.4 Å². The molecule has 0 amide bonds. The average Bonchev–Trinajstić information content (AvgIpc) is 2.26. The maximum absolute atomic E-state index is 12.7. The summed E-state index contributed by atoms with van der Waals surface area (Å²) < 4.78 is 12.7. The molecule has 0 heterocycles. The van der Waals surface area contributed by atoms with Crippen molar-refractivity contribution in [1.29, 1.82) is 0 Å². The Morgan fingerprint density at radius 3 is 3.00 bits per heavy atom. The van der Waals surface area contributed by atoms with Crippen molar-refractivity contribution in [2.45, 2.75) is 11.3 Å². The third kappa shape index (κ3) is 3.52. The lowest BCUT2D eigenvalue weighted by atomic mass is 10.1. The van der Waals surface area contributed by atoms with Gasteiger partial charge in [0.05, 0.1) is 0 Å². The Balaban J connectivity index is 2.67. The zero-order valence-electron chi connectivity index (χ0n) is 8.16. The molecule has 0 fully saturated rings. The molecule has 0 spiro atoms. The van der Waals surface area contributed by atoms with Crippen molar-refractivity contribution in [2.24, 2.45) is 5.73 Å². The molecule has 0 aliphatic rings. The van der Waals surface area contributed by atoms with E-state index in [0.29, 0.717) is 6.42 Å². The Labute approximate surface area is 88.2 Å². The smallest absolute Gasteiger partial charge is 0.110 e. The summed E-state index contributed by atoms with van der Waals surface area (Å²) in [6, 6.07) is 8.07. The van der Waals surface area contributed by atoms with E-state index in [9.17, 15) is 4.39 Å². The number of halogens is 1. The van der Waals surface area contributed by atoms with Gasteiger partial charge in [0, 0.05) is 11.4 Å². The highest BCUT2D eigenvalue weighted by molar-refractivity contribution is 7.98. The van der Waals surface area contributed by atoms with Gasteiger partial charge in [0.2, 0.25) is 0 Å². The summed E-state index contributed by atoms with van der Waals surface area (Å²) in [5, 5.41) is 0. The lowest BCUT2D eigenvalue weighted by Gasteiger charge is -2.00. The summed E-state index contributed by atoms with van der Waals surface area (Å²) in [5.41, 5.74) is 6.26. The number of allylic oxidation sites excluding steroid dienone is 1. The molecule has 0 radical (unpaired) electrons. The molecule has 0 saturated carbocycles. The first-order valence-corrected chi connectivity index (χ1v) is 5.66. The van der Waals surface area contributed by atoms with Crippen LogP contribution >= 0.6 is 11.8 Å². The van der Waals surface area contributed by atoms with Gasteiger partial charge in [-0.1, -0.05) is 12.1 Å². The molecule has 0 aliphatic heterocycles. The van der Waals surface area contributed by atoms with Crippen LogP contribution in [0.4, 0.5) is 4.39 Å². The van der Waals surface area contributed by atoms with Crippen molar-refractivity contribution in [1.82, 2.24) is 0 Å². The molecule has 0 saturated heterocycles. The average molecular weight is 211 g/mol. The molecule has 2 N–H and O–H groups in total. The van der Waals surface area contributed by atoms with E-state index in [1.165, 1.54) is 11.0 Å². The van der Waals surface area contributed by atoms with Crippen LogP contribution in [-0.2, 0) is 6.42 Å². The Morgan fingerprint density at radius 1 is 1.57 bits per heavy atom. The van der Waals surface area contributed by atoms with E-state index in [4.69, 9.17) is 5.73 Å². The molecule has 0 atom stereocenters. The summed E-state index contributed by atoms with van der Waals surface area (Å²) in [6.07, 6.45) is 4.16. The topological polar surface area (TPSA) is 26.0 Å². The summed E-state index contributed by atoms with van der Waals surface area (Å²) in [4.78, 5) is 1.20. The van der Waals surface area contributed by atoms with Gasteiger partial charge < -0.3 is 5.73 Å². The molecule has 76 valence electrons. The minimum Gasteiger partial charge on any atom is -0.325 e. The van der Waals surface area contributed by atoms with Gasteiger partial charge in [-0.3, -0.25) is 0 Å². The molecule has 1 aromatic carbocycles. The first-order chi connectivity index (χ1) is 6.76. The maximum Gasteiger partial charge on any atom is 0.110 e. The zero-order chi connectivity index (χ0) is 10.4. The largest absolute Gasteiger partial charge is 0.325 e. The van der Waals surface area contributed by atoms with E-state index in [1.807, 2.05) is 24.5 Å². The van der Waals surface area contributed by atoms with Gasteiger partial charge in [0.15, 0.2) is 0 Å². The third-order valence-corrected chi connectivity index (χ3v) is 2.61. The second-order valence-corrected chi connectivity index (χ2v) is 3.79. The van der Waals surface area contributed by atoms with Crippen LogP contribution in [0, 0.1) is 0 Å². The Kier molecular flexibility index (Phi) is 4.70. The lowest BCUT2D eigenvalue weighted by molar-refractivity contribution is 0.614. The highest BCUT2D eigenvalue weighted by atomic mass is 32.2. The van der Waals surface area contributed by atoms with Gasteiger partial charge in [0.25, 0.3) is 0 Å². The third-order valence-electron chi connectivity index (χ3n) is 1.89. The molecule has 1 rings (SSSR count). The lowest BCUT2D eigenvalue weighted by Crippen LogP contribution is -1.99. The highest BCUT2D eigenvalue weighted by Gasteiger charge is 1.94. The van der Waals surface area contributed by atoms with Crippen LogP contribution < -0.4 is 5.73 Å². The maximum atomic E-state index is 12.7. The molecule has 14 heavy (non-hydrogen) atoms. The SMILES string of the molecule is CSc1cccc(C/C=C(/F)CN)c1. The molecule has 0 aromatic heterocycles. The number of rotatable bonds is 4. The van der Waals surface area contributed by atoms with Crippen molar-refractivity contribution in [2.75, 3.05) is 12.8 Å². The summed E-state index contributed by atoms with van der Waals surface area (Å²) >= 11 is 1.68. The van der Waals surface area contributed by atoms with Crippen molar-refractivity contribution in [3.05, 3.63) is 41.7 Å². The standard InChI is InChI=1S/C11H14FNS/c1-14-11-4-2-3-9(7-11)5-6-10(12)8-13/h2-4,6-7H,5,8,13H2,1H3/b10-6+. The molecule has 0 aliphatic carbocycles. The van der Waals surface area contributed by atoms with Crippen LogP contribution in [0.3, 0.4) is 0 Å². The van der Waals surface area contributed by atoms with Gasteiger partial charge in [-0.15, -0.1) is 11.8 Å². The number of benzene rings is 1. The second kappa shape index (κ2) is 5.83. The number of nitrogens with two attached hydrogens (primary N) is 1. The van der Waals surface area contributed by atoms with Crippen LogP contribution in [0.25, 0.3) is 0 Å². The molecular weight excluding hydrogens is 197 g/mol. The predicted octanol–water partition coefficient (Wildman–Crippen LogP) is 2.76. The second-order valence-electron chi connectivity index (χ2n) is 2.91. The van der Waals surface area contributed by atoms with Gasteiger partial charge in [-0.2, -0.15) is 0 Å². The van der Waals surface area contributed by atoms with E-state index < -0.39 is 0 Å². The van der Waals surface area contributed by atoms with E-state index in [0.717, 1.165) is 5.56 Å². The Hall–Kier alpha value is -0.800. The molecule has 3 heteroatoms. The Morgan fingerprint density at radius 2 is 2.36 bits per heavy atom. The molecule has 1 aromatic rings. The molecular formula is C11H14FNS. The fraction of sp³-hybridized carbons (Fsp3) is 0.273. The molecule has 0 bridgehead atoms. The first kappa shape index (κ1) is 11.3. The predicted molar refractivity (Wildman–Crippen MR) is 60.2 cm³/mol. The fourth-order valence-electron chi connectivity index (χ4n) is 1.11. The van der Waals surface area contributed by atoms with E-state index >= 15 is 0 Å². The van der Waals surface area contributed by atoms with Gasteiger partial charge in [0.1, 0.15) is 5.83 Å². The summed E-state index contributed by atoms with van der Waals surface area (Å²) in [5.74, 6) is -0.250. The fourth-order valence-corrected chi connectivity index (χ4v) is 1.60. The monoisotopic (exact) mass is 211 g/mol. The van der Waals surface area contributed by atoms with Crippen LogP contribution in [-0.4, -0.2) is 12.8 Å². The van der Waals surface area contributed by atoms with Gasteiger partial charge in [-0.05, 0) is 36.4 Å². The number of hydrogen-bond donors (Lipinski definition) is 1. The van der Waals surface area contributed by atoms with Crippen molar-refractivity contribution < 1.29 is 4.39 Å². The van der Waals surface area contributed by atoms with Crippen molar-refractivity contribution in [3.63, 3.8) is 0 Å². The number of hydrogen-bond acceptors (Lipinski definition) is 2. The number of thioether (sulfide) groups is 1. The minimum atomic E-state index is -0.250. The highest BCUT2D eigenvalue weighted by Crippen LogP contribution is 2.16. The van der Waals surface area contributed by atoms with Crippen molar-refractivity contribution >= 4 is 11.8 Å². The molecule has 0 unspecified atom stereocenters.